The number of hydrogen-bond acceptors (Lipinski definition) is 4. The van der Waals surface area contributed by atoms with Crippen molar-refractivity contribution in [1.29, 1.82) is 0 Å². The lowest BCUT2D eigenvalue weighted by atomic mass is 9.89. The molecule has 0 saturated carbocycles. The maximum Gasteiger partial charge on any atom is 0.408 e. The van der Waals surface area contributed by atoms with Crippen LogP contribution in [0.3, 0.4) is 0 Å². The van der Waals surface area contributed by atoms with Crippen LogP contribution in [0.15, 0.2) is 54.6 Å². The first-order chi connectivity index (χ1) is 17.7. The van der Waals surface area contributed by atoms with Gasteiger partial charge in [-0.3, -0.25) is 9.59 Å². The van der Waals surface area contributed by atoms with Crippen molar-refractivity contribution < 1.29 is 19.1 Å². The predicted molar refractivity (Wildman–Crippen MR) is 153 cm³/mol. The Labute approximate surface area is 228 Å². The molecule has 0 radical (unpaired) electrons. The summed E-state index contributed by atoms with van der Waals surface area (Å²) in [6.07, 6.45) is 0.586. The van der Waals surface area contributed by atoms with E-state index in [4.69, 9.17) is 4.74 Å². The van der Waals surface area contributed by atoms with Crippen LogP contribution in [0, 0.1) is 12.8 Å². The van der Waals surface area contributed by atoms with Gasteiger partial charge in [0.2, 0.25) is 5.91 Å². The lowest BCUT2D eigenvalue weighted by molar-refractivity contribution is -0.148. The van der Waals surface area contributed by atoms with Crippen LogP contribution < -0.4 is 10.6 Å². The van der Waals surface area contributed by atoms with E-state index in [1.165, 1.54) is 0 Å². The highest BCUT2D eigenvalue weighted by Gasteiger charge is 2.44. The van der Waals surface area contributed by atoms with Gasteiger partial charge >= 0.3 is 6.09 Å². The molecule has 7 nitrogen and oxygen atoms in total. The van der Waals surface area contributed by atoms with Crippen LogP contribution in [-0.4, -0.2) is 40.0 Å². The largest absolute Gasteiger partial charge is 0.444 e. The molecule has 2 N–H and O–H groups in total. The maximum atomic E-state index is 14.5. The number of anilines is 1. The number of amides is 3. The molecule has 208 valence electrons. The van der Waals surface area contributed by atoms with E-state index in [2.05, 4.69) is 10.6 Å². The van der Waals surface area contributed by atoms with Crippen molar-refractivity contribution in [3.05, 3.63) is 65.7 Å². The molecule has 2 aromatic carbocycles. The van der Waals surface area contributed by atoms with E-state index in [9.17, 15) is 14.4 Å². The second-order valence-corrected chi connectivity index (χ2v) is 11.5. The Morgan fingerprint density at radius 2 is 1.50 bits per heavy atom. The molecule has 0 aromatic heterocycles. The molecule has 0 aliphatic heterocycles. The summed E-state index contributed by atoms with van der Waals surface area (Å²) in [5, 5.41) is 5.87. The molecular weight excluding hydrogens is 478 g/mol. The molecule has 0 spiro atoms. The number of nitrogens with zero attached hydrogens (tertiary/aromatic N) is 1. The first-order valence-electron chi connectivity index (χ1n) is 13.5. The smallest absolute Gasteiger partial charge is 0.408 e. The zero-order valence-electron chi connectivity index (χ0n) is 24.4. The van der Waals surface area contributed by atoms with Crippen molar-refractivity contribution in [3.63, 3.8) is 0 Å². The maximum absolute atomic E-state index is 14.5. The number of para-hydroxylation sites is 1. The van der Waals surface area contributed by atoms with Crippen molar-refractivity contribution >= 4 is 23.6 Å². The van der Waals surface area contributed by atoms with E-state index >= 15 is 0 Å². The van der Waals surface area contributed by atoms with Gasteiger partial charge in [0, 0.05) is 11.2 Å². The summed E-state index contributed by atoms with van der Waals surface area (Å²) < 4.78 is 5.49. The van der Waals surface area contributed by atoms with Crippen LogP contribution in [0.1, 0.15) is 85.4 Å². The second-order valence-electron chi connectivity index (χ2n) is 11.5. The van der Waals surface area contributed by atoms with Crippen LogP contribution in [0.25, 0.3) is 0 Å². The number of aryl methyl sites for hydroxylation is 1. The summed E-state index contributed by atoms with van der Waals surface area (Å²) in [7, 11) is 0. The second kappa shape index (κ2) is 12.9. The average molecular weight is 524 g/mol. The third-order valence-electron chi connectivity index (χ3n) is 6.93. The minimum absolute atomic E-state index is 0.193. The van der Waals surface area contributed by atoms with Crippen molar-refractivity contribution in [3.8, 4) is 0 Å². The highest BCUT2D eigenvalue weighted by Crippen LogP contribution is 2.34. The van der Waals surface area contributed by atoms with Crippen molar-refractivity contribution in [2.75, 3.05) is 5.32 Å². The van der Waals surface area contributed by atoms with E-state index < -0.39 is 29.3 Å². The molecule has 0 saturated heterocycles. The van der Waals surface area contributed by atoms with Gasteiger partial charge in [-0.2, -0.15) is 0 Å². The monoisotopic (exact) mass is 523 g/mol. The van der Waals surface area contributed by atoms with Gasteiger partial charge in [-0.25, -0.2) is 4.79 Å². The zero-order chi connectivity index (χ0) is 28.7. The first kappa shape index (κ1) is 30.9. The van der Waals surface area contributed by atoms with Gasteiger partial charge in [0.25, 0.3) is 5.91 Å². The van der Waals surface area contributed by atoms with Crippen LogP contribution in [0.5, 0.6) is 0 Å². The van der Waals surface area contributed by atoms with Crippen LogP contribution in [0.4, 0.5) is 10.5 Å². The van der Waals surface area contributed by atoms with Crippen molar-refractivity contribution in [1.82, 2.24) is 10.2 Å². The summed E-state index contributed by atoms with van der Waals surface area (Å²) in [5.74, 6) is -0.840. The first-order valence-corrected chi connectivity index (χ1v) is 13.5. The minimum atomic E-state index is -0.926. The number of carbonyl (C=O) groups is 3. The lowest BCUT2D eigenvalue weighted by Gasteiger charge is -2.45. The van der Waals surface area contributed by atoms with Gasteiger partial charge < -0.3 is 20.3 Å². The third-order valence-corrected chi connectivity index (χ3v) is 6.93. The van der Waals surface area contributed by atoms with E-state index in [0.29, 0.717) is 24.1 Å². The molecular formula is C31H45N3O4. The molecule has 3 unspecified atom stereocenters. The lowest BCUT2D eigenvalue weighted by Crippen LogP contribution is -2.60. The van der Waals surface area contributed by atoms with E-state index in [1.807, 2.05) is 96.1 Å². The highest BCUT2D eigenvalue weighted by atomic mass is 16.6. The van der Waals surface area contributed by atoms with Crippen molar-refractivity contribution in [2.45, 2.75) is 98.4 Å². The van der Waals surface area contributed by atoms with Gasteiger partial charge in [-0.1, -0.05) is 75.7 Å². The molecule has 38 heavy (non-hydrogen) atoms. The molecule has 0 fully saturated rings. The standard InChI is InChI=1S/C31H45N3O4/c1-10-21(3)25(33-29(37)38-30(5,6)7)28(36)34(31(8,9)11-2)26(23-18-13-12-14-19-23)27(35)32-24-20-16-15-17-22(24)4/h12-21,25-26H,10-11H2,1-9H3,(H,32,35)(H,33,37). The van der Waals surface area contributed by atoms with Crippen LogP contribution in [-0.2, 0) is 14.3 Å². The average Bonchev–Trinajstić information content (AvgIpc) is 2.85. The molecule has 0 bridgehead atoms. The summed E-state index contributed by atoms with van der Waals surface area (Å²) in [6.45, 7) is 17.0. The topological polar surface area (TPSA) is 87.7 Å². The summed E-state index contributed by atoms with van der Waals surface area (Å²) in [5.41, 5.74) is 0.876. The molecule has 0 aliphatic rings. The van der Waals surface area contributed by atoms with E-state index in [1.54, 1.807) is 25.7 Å². The van der Waals surface area contributed by atoms with E-state index in [-0.39, 0.29) is 17.7 Å². The zero-order valence-corrected chi connectivity index (χ0v) is 24.4. The number of rotatable bonds is 10. The predicted octanol–water partition coefficient (Wildman–Crippen LogP) is 6.63. The molecule has 7 heteroatoms. The molecule has 3 atom stereocenters. The molecule has 0 aliphatic carbocycles. The highest BCUT2D eigenvalue weighted by molar-refractivity contribution is 5.99. The summed E-state index contributed by atoms with van der Waals surface area (Å²) in [6, 6.07) is 15.0. The number of ether oxygens (including phenoxy) is 1. The summed E-state index contributed by atoms with van der Waals surface area (Å²) >= 11 is 0. The van der Waals surface area contributed by atoms with Crippen LogP contribution >= 0.6 is 0 Å². The van der Waals surface area contributed by atoms with Gasteiger partial charge in [0.05, 0.1) is 0 Å². The Bertz CT molecular complexity index is 1090. The Morgan fingerprint density at radius 1 is 0.921 bits per heavy atom. The van der Waals surface area contributed by atoms with E-state index in [0.717, 1.165) is 5.56 Å². The minimum Gasteiger partial charge on any atom is -0.444 e. The quantitative estimate of drug-likeness (QED) is 0.366. The van der Waals surface area contributed by atoms with Gasteiger partial charge in [-0.15, -0.1) is 0 Å². The van der Waals surface area contributed by atoms with Gasteiger partial charge in [0.15, 0.2) is 0 Å². The van der Waals surface area contributed by atoms with Crippen LogP contribution in [0.2, 0.25) is 0 Å². The Morgan fingerprint density at radius 3 is 2.03 bits per heavy atom. The Hall–Kier alpha value is -3.35. The SMILES string of the molecule is CCC(C)C(NC(=O)OC(C)(C)C)C(=O)N(C(C(=O)Nc1ccccc1C)c1ccccc1)C(C)(C)CC. The molecule has 0 heterocycles. The fraction of sp³-hybridized carbons (Fsp3) is 0.516. The summed E-state index contributed by atoms with van der Waals surface area (Å²) in [4.78, 5) is 42.9. The molecule has 2 rings (SSSR count). The van der Waals surface area contributed by atoms with Crippen molar-refractivity contribution in [2.24, 2.45) is 5.92 Å². The number of benzene rings is 2. The fourth-order valence-corrected chi connectivity index (χ4v) is 4.18. The molecule has 2 aromatic rings. The van der Waals surface area contributed by atoms with Gasteiger partial charge in [0.1, 0.15) is 17.7 Å². The Balaban J connectivity index is 2.62. The Kier molecular flexibility index (Phi) is 10.5. The third kappa shape index (κ3) is 8.07. The number of alkyl carbamates (subject to hydrolysis) is 1. The fourth-order valence-electron chi connectivity index (χ4n) is 4.18. The molecule has 3 amide bonds. The number of hydrogen-bond donors (Lipinski definition) is 2. The normalized spacial score (nSPS) is 14.1. The number of carbonyl (C=O) groups excluding carboxylic acids is 3. The van der Waals surface area contributed by atoms with Gasteiger partial charge in [-0.05, 0) is 71.1 Å². The number of nitrogens with one attached hydrogen (secondary N) is 2.